The maximum Gasteiger partial charge on any atom is 0.417 e. The van der Waals surface area contributed by atoms with Crippen LogP contribution in [-0.2, 0) is 0 Å². The molecule has 0 unspecified atom stereocenters. The van der Waals surface area contributed by atoms with Gasteiger partial charge in [0, 0.05) is 10.2 Å². The average Bonchev–Trinajstić information content (AvgIpc) is 1.79. The van der Waals surface area contributed by atoms with Crippen molar-refractivity contribution in [3.05, 3.63) is 21.8 Å². The SMILES string of the molecule is C/C(Br)=C(\C=C(/C)N)C(F)(F)F. The van der Waals surface area contributed by atoms with Crippen LogP contribution in [0.4, 0.5) is 13.2 Å². The zero-order valence-corrected chi connectivity index (χ0v) is 8.25. The number of allylic oxidation sites excluding steroid dienone is 4. The quantitative estimate of drug-likeness (QED) is 0.704. The molecule has 0 fully saturated rings. The van der Waals surface area contributed by atoms with E-state index in [-0.39, 0.29) is 10.2 Å². The molecule has 0 bridgehead atoms. The molecule has 0 atom stereocenters. The van der Waals surface area contributed by atoms with Crippen molar-refractivity contribution in [2.75, 3.05) is 0 Å². The Morgan fingerprint density at radius 3 is 1.83 bits per heavy atom. The molecule has 0 aromatic heterocycles. The summed E-state index contributed by atoms with van der Waals surface area (Å²) in [5.74, 6) is 0. The predicted molar refractivity (Wildman–Crippen MR) is 45.6 cm³/mol. The topological polar surface area (TPSA) is 26.0 Å². The second-order valence-electron chi connectivity index (χ2n) is 2.33. The lowest BCUT2D eigenvalue weighted by Gasteiger charge is -2.08. The zero-order chi connectivity index (χ0) is 9.94. The van der Waals surface area contributed by atoms with Crippen molar-refractivity contribution in [3.8, 4) is 0 Å². The van der Waals surface area contributed by atoms with Crippen LogP contribution in [0, 0.1) is 0 Å². The van der Waals surface area contributed by atoms with E-state index in [0.717, 1.165) is 6.08 Å². The number of hydrogen-bond acceptors (Lipinski definition) is 1. The lowest BCUT2D eigenvalue weighted by Crippen LogP contribution is -2.12. The van der Waals surface area contributed by atoms with E-state index in [1.165, 1.54) is 13.8 Å². The molecule has 2 N–H and O–H groups in total. The van der Waals surface area contributed by atoms with Crippen LogP contribution in [0.25, 0.3) is 0 Å². The van der Waals surface area contributed by atoms with E-state index in [4.69, 9.17) is 5.73 Å². The van der Waals surface area contributed by atoms with Crippen LogP contribution in [-0.4, -0.2) is 6.18 Å². The van der Waals surface area contributed by atoms with Gasteiger partial charge in [-0.2, -0.15) is 13.2 Å². The molecule has 0 aromatic rings. The molecule has 0 spiro atoms. The minimum Gasteiger partial charge on any atom is -0.402 e. The Balaban J connectivity index is 4.99. The minimum absolute atomic E-state index is 0.0276. The third-order valence-electron chi connectivity index (χ3n) is 1.05. The van der Waals surface area contributed by atoms with Gasteiger partial charge in [0.05, 0.1) is 5.57 Å². The maximum atomic E-state index is 12.1. The molecule has 70 valence electrons. The van der Waals surface area contributed by atoms with Crippen LogP contribution in [0.3, 0.4) is 0 Å². The molecule has 0 aliphatic carbocycles. The first-order chi connectivity index (χ1) is 5.25. The van der Waals surface area contributed by atoms with E-state index in [2.05, 4.69) is 15.9 Å². The van der Waals surface area contributed by atoms with E-state index in [9.17, 15) is 13.2 Å². The smallest absolute Gasteiger partial charge is 0.402 e. The Labute approximate surface area is 77.3 Å². The molecular formula is C7H9BrF3N. The Hall–Kier alpha value is -0.450. The van der Waals surface area contributed by atoms with Gasteiger partial charge in [0.15, 0.2) is 0 Å². The second kappa shape index (κ2) is 3.98. The first-order valence-corrected chi connectivity index (χ1v) is 3.91. The summed E-state index contributed by atoms with van der Waals surface area (Å²) in [6.07, 6.45) is -3.46. The average molecular weight is 244 g/mol. The Morgan fingerprint density at radius 2 is 1.75 bits per heavy atom. The third-order valence-corrected chi connectivity index (χ3v) is 1.48. The summed E-state index contributed by atoms with van der Waals surface area (Å²) < 4.78 is 36.5. The Kier molecular flexibility index (Phi) is 3.83. The van der Waals surface area contributed by atoms with Gasteiger partial charge in [-0.25, -0.2) is 0 Å². The fraction of sp³-hybridized carbons (Fsp3) is 0.429. The summed E-state index contributed by atoms with van der Waals surface area (Å²) in [7, 11) is 0. The molecule has 0 amide bonds. The van der Waals surface area contributed by atoms with Crippen molar-refractivity contribution >= 4 is 15.9 Å². The van der Waals surface area contributed by atoms with Crippen LogP contribution < -0.4 is 5.73 Å². The molecule has 5 heteroatoms. The highest BCUT2D eigenvalue weighted by Gasteiger charge is 2.33. The zero-order valence-electron chi connectivity index (χ0n) is 6.67. The van der Waals surface area contributed by atoms with Crippen molar-refractivity contribution in [2.45, 2.75) is 20.0 Å². The van der Waals surface area contributed by atoms with Gasteiger partial charge in [0.2, 0.25) is 0 Å². The van der Waals surface area contributed by atoms with Gasteiger partial charge in [-0.3, -0.25) is 0 Å². The van der Waals surface area contributed by atoms with E-state index in [1.807, 2.05) is 0 Å². The van der Waals surface area contributed by atoms with Crippen LogP contribution >= 0.6 is 15.9 Å². The van der Waals surface area contributed by atoms with Gasteiger partial charge in [-0.05, 0) is 19.9 Å². The first-order valence-electron chi connectivity index (χ1n) is 3.12. The highest BCUT2D eigenvalue weighted by Crippen LogP contribution is 2.31. The predicted octanol–water partition coefficient (Wildman–Crippen LogP) is 3.08. The molecule has 0 aliphatic rings. The summed E-state index contributed by atoms with van der Waals surface area (Å²) in [4.78, 5) is 0. The molecule has 0 saturated heterocycles. The summed E-state index contributed by atoms with van der Waals surface area (Å²) in [6, 6.07) is 0. The van der Waals surface area contributed by atoms with Gasteiger partial charge >= 0.3 is 6.18 Å². The van der Waals surface area contributed by atoms with Crippen LogP contribution in [0.15, 0.2) is 21.8 Å². The highest BCUT2D eigenvalue weighted by atomic mass is 79.9. The van der Waals surface area contributed by atoms with Crippen LogP contribution in [0.1, 0.15) is 13.8 Å². The molecule has 0 rings (SSSR count). The maximum absolute atomic E-state index is 12.1. The number of rotatable bonds is 1. The molecular weight excluding hydrogens is 235 g/mol. The molecule has 0 heterocycles. The van der Waals surface area contributed by atoms with Gasteiger partial charge in [0.1, 0.15) is 0 Å². The normalized spacial score (nSPS) is 16.0. The van der Waals surface area contributed by atoms with Crippen molar-refractivity contribution in [1.29, 1.82) is 0 Å². The summed E-state index contributed by atoms with van der Waals surface area (Å²) >= 11 is 2.76. The van der Waals surface area contributed by atoms with Gasteiger partial charge < -0.3 is 5.73 Å². The molecule has 0 aliphatic heterocycles. The van der Waals surface area contributed by atoms with E-state index >= 15 is 0 Å². The van der Waals surface area contributed by atoms with Gasteiger partial charge in [-0.15, -0.1) is 0 Å². The van der Waals surface area contributed by atoms with E-state index < -0.39 is 11.7 Å². The molecule has 0 saturated carbocycles. The van der Waals surface area contributed by atoms with Crippen molar-refractivity contribution < 1.29 is 13.2 Å². The lowest BCUT2D eigenvalue weighted by atomic mass is 10.2. The fourth-order valence-electron chi connectivity index (χ4n) is 0.604. The molecule has 0 radical (unpaired) electrons. The lowest BCUT2D eigenvalue weighted by molar-refractivity contribution is -0.0885. The highest BCUT2D eigenvalue weighted by molar-refractivity contribution is 9.11. The number of halogens is 4. The first kappa shape index (κ1) is 11.6. The largest absolute Gasteiger partial charge is 0.417 e. The number of hydrogen-bond donors (Lipinski definition) is 1. The van der Waals surface area contributed by atoms with Crippen LogP contribution in [0.2, 0.25) is 0 Å². The third kappa shape index (κ3) is 3.80. The van der Waals surface area contributed by atoms with Crippen molar-refractivity contribution in [2.24, 2.45) is 5.73 Å². The Bertz CT molecular complexity index is 219. The second-order valence-corrected chi connectivity index (χ2v) is 3.52. The summed E-state index contributed by atoms with van der Waals surface area (Å²) in [6.45, 7) is 2.73. The number of alkyl halides is 3. The fourth-order valence-corrected chi connectivity index (χ4v) is 0.944. The molecule has 1 nitrogen and oxygen atoms in total. The molecule has 12 heavy (non-hydrogen) atoms. The number of nitrogens with two attached hydrogens (primary N) is 1. The Morgan fingerprint density at radius 1 is 1.33 bits per heavy atom. The summed E-state index contributed by atoms with van der Waals surface area (Å²) in [5, 5.41) is 0. The van der Waals surface area contributed by atoms with E-state index in [1.54, 1.807) is 0 Å². The van der Waals surface area contributed by atoms with Gasteiger partial charge in [0.25, 0.3) is 0 Å². The summed E-state index contributed by atoms with van der Waals surface area (Å²) in [5.41, 5.74) is 4.51. The van der Waals surface area contributed by atoms with Gasteiger partial charge in [-0.1, -0.05) is 15.9 Å². The minimum atomic E-state index is -4.35. The van der Waals surface area contributed by atoms with E-state index in [0.29, 0.717) is 0 Å². The van der Waals surface area contributed by atoms with Crippen molar-refractivity contribution in [1.82, 2.24) is 0 Å². The monoisotopic (exact) mass is 243 g/mol. The standard InChI is InChI=1S/C7H9BrF3N/c1-4(12)3-6(5(2)8)7(9,10)11/h3H,12H2,1-2H3/b4-3+,6-5-. The van der Waals surface area contributed by atoms with Crippen molar-refractivity contribution in [3.63, 3.8) is 0 Å². The van der Waals surface area contributed by atoms with Crippen LogP contribution in [0.5, 0.6) is 0 Å². The molecule has 0 aromatic carbocycles.